The van der Waals surface area contributed by atoms with Gasteiger partial charge >= 0.3 is 0 Å². The fourth-order valence-electron chi connectivity index (χ4n) is 1.36. The molecule has 2 N–H and O–H groups in total. The number of carbonyl (C=O) groups is 1. The van der Waals surface area contributed by atoms with Crippen LogP contribution in [0.4, 0.5) is 0 Å². The van der Waals surface area contributed by atoms with Crippen molar-refractivity contribution in [2.75, 3.05) is 0 Å². The lowest BCUT2D eigenvalue weighted by Crippen LogP contribution is -2.12. The van der Waals surface area contributed by atoms with Gasteiger partial charge < -0.3 is 15.3 Å². The van der Waals surface area contributed by atoms with Gasteiger partial charge in [-0.15, -0.1) is 0 Å². The first-order valence-electron chi connectivity index (χ1n) is 5.57. The molecule has 0 unspecified atom stereocenters. The molecule has 0 aliphatic heterocycles. The second-order valence-corrected chi connectivity index (χ2v) is 3.59. The molecule has 19 heavy (non-hydrogen) atoms. The number of primary amides is 1. The lowest BCUT2D eigenvalue weighted by Gasteiger charge is -2.08. The number of nitrogens with two attached hydrogens (primary N) is 1. The van der Waals surface area contributed by atoms with E-state index >= 15 is 0 Å². The van der Waals surface area contributed by atoms with Gasteiger partial charge in [-0.3, -0.25) is 4.79 Å². The predicted molar refractivity (Wildman–Crippen MR) is 71.3 cm³/mol. The summed E-state index contributed by atoms with van der Waals surface area (Å²) in [4.78, 5) is 15.6. The molecule has 96 valence electrons. The first-order chi connectivity index (χ1) is 9.25. The first-order valence-corrected chi connectivity index (χ1v) is 5.57. The molecule has 0 bridgehead atoms. The van der Waals surface area contributed by atoms with Crippen molar-refractivity contribution in [3.8, 4) is 17.2 Å². The molecule has 2 aromatic carbocycles. The summed E-state index contributed by atoms with van der Waals surface area (Å²) in [6.45, 7) is 0. The van der Waals surface area contributed by atoms with Crippen LogP contribution in [-0.2, 0) is 4.79 Å². The van der Waals surface area contributed by atoms with Crippen LogP contribution in [0.3, 0.4) is 0 Å². The molecule has 0 fully saturated rings. The fraction of sp³-hybridized carbons (Fsp3) is 0. The Morgan fingerprint density at radius 1 is 1.00 bits per heavy atom. The van der Waals surface area contributed by atoms with Crippen LogP contribution in [-0.4, -0.2) is 12.1 Å². The number of carbonyl (C=O) groups excluding carboxylic acids is 1. The number of ether oxygens (including phenoxy) is 1. The lowest BCUT2D eigenvalue weighted by atomic mass is 10.3. The second-order valence-electron chi connectivity index (χ2n) is 3.59. The topological polar surface area (TPSA) is 73.9 Å². The standard InChI is InChI=1S/C14H12N2O3/c15-14(17)10-16-19-13-9-5-4-8-12(13)18-11-6-2-1-3-7-11/h1-10H,(H2,15,17). The number of benzene rings is 2. The lowest BCUT2D eigenvalue weighted by molar-refractivity contribution is -0.111. The highest BCUT2D eigenvalue weighted by atomic mass is 16.6. The summed E-state index contributed by atoms with van der Waals surface area (Å²) in [6, 6.07) is 16.3. The van der Waals surface area contributed by atoms with E-state index in [4.69, 9.17) is 15.3 Å². The van der Waals surface area contributed by atoms with E-state index in [2.05, 4.69) is 5.16 Å². The molecular formula is C14H12N2O3. The maximum atomic E-state index is 10.5. The van der Waals surface area contributed by atoms with Gasteiger partial charge in [-0.25, -0.2) is 0 Å². The van der Waals surface area contributed by atoms with Gasteiger partial charge in [0.2, 0.25) is 0 Å². The number of nitrogens with zero attached hydrogens (tertiary/aromatic N) is 1. The van der Waals surface area contributed by atoms with E-state index in [1.807, 2.05) is 36.4 Å². The molecule has 0 aromatic heterocycles. The van der Waals surface area contributed by atoms with E-state index < -0.39 is 5.91 Å². The average Bonchev–Trinajstić information content (AvgIpc) is 2.41. The van der Waals surface area contributed by atoms with Gasteiger partial charge in [-0.2, -0.15) is 0 Å². The summed E-state index contributed by atoms with van der Waals surface area (Å²) >= 11 is 0. The minimum Gasteiger partial charge on any atom is -0.453 e. The van der Waals surface area contributed by atoms with E-state index in [0.29, 0.717) is 17.2 Å². The van der Waals surface area contributed by atoms with Gasteiger partial charge in [0.05, 0.1) is 0 Å². The quantitative estimate of drug-likeness (QED) is 0.659. The third-order valence-electron chi connectivity index (χ3n) is 2.15. The highest BCUT2D eigenvalue weighted by molar-refractivity contribution is 6.25. The van der Waals surface area contributed by atoms with Crippen LogP contribution in [0.25, 0.3) is 0 Å². The van der Waals surface area contributed by atoms with Crippen LogP contribution in [0, 0.1) is 0 Å². The first kappa shape index (κ1) is 12.6. The van der Waals surface area contributed by atoms with Crippen LogP contribution < -0.4 is 15.3 Å². The molecule has 0 atom stereocenters. The van der Waals surface area contributed by atoms with E-state index in [0.717, 1.165) is 6.21 Å². The van der Waals surface area contributed by atoms with Crippen LogP contribution >= 0.6 is 0 Å². The van der Waals surface area contributed by atoms with Crippen molar-refractivity contribution in [1.29, 1.82) is 0 Å². The summed E-state index contributed by atoms with van der Waals surface area (Å²) in [6.07, 6.45) is 0.888. The van der Waals surface area contributed by atoms with Gasteiger partial charge in [0.25, 0.3) is 5.91 Å². The highest BCUT2D eigenvalue weighted by Gasteiger charge is 2.05. The maximum Gasteiger partial charge on any atom is 0.263 e. The number of para-hydroxylation sites is 3. The molecule has 0 heterocycles. The number of amides is 1. The second kappa shape index (κ2) is 6.20. The maximum absolute atomic E-state index is 10.5. The third kappa shape index (κ3) is 3.85. The largest absolute Gasteiger partial charge is 0.453 e. The van der Waals surface area contributed by atoms with E-state index in [9.17, 15) is 4.79 Å². The molecule has 5 heteroatoms. The Labute approximate surface area is 110 Å². The number of hydrogen-bond donors (Lipinski definition) is 1. The van der Waals surface area contributed by atoms with Gasteiger partial charge in [0, 0.05) is 0 Å². The van der Waals surface area contributed by atoms with Crippen molar-refractivity contribution >= 4 is 12.1 Å². The molecular weight excluding hydrogens is 244 g/mol. The summed E-state index contributed by atoms with van der Waals surface area (Å²) in [7, 11) is 0. The Hall–Kier alpha value is -2.82. The van der Waals surface area contributed by atoms with Crippen LogP contribution in [0.2, 0.25) is 0 Å². The molecule has 0 aliphatic carbocycles. The summed E-state index contributed by atoms with van der Waals surface area (Å²) < 4.78 is 5.65. The van der Waals surface area contributed by atoms with Gasteiger partial charge in [-0.05, 0) is 24.3 Å². The van der Waals surface area contributed by atoms with Crippen LogP contribution in [0.1, 0.15) is 0 Å². The molecule has 0 saturated carbocycles. The van der Waals surface area contributed by atoms with E-state index in [-0.39, 0.29) is 0 Å². The number of hydrogen-bond acceptors (Lipinski definition) is 4. The number of oxime groups is 1. The molecule has 1 amide bonds. The van der Waals surface area contributed by atoms with Crippen molar-refractivity contribution < 1.29 is 14.4 Å². The minimum atomic E-state index is -0.679. The van der Waals surface area contributed by atoms with Crippen molar-refractivity contribution in [3.05, 3.63) is 54.6 Å². The zero-order valence-corrected chi connectivity index (χ0v) is 10.0. The Balaban J connectivity index is 2.14. The molecule has 2 aromatic rings. The van der Waals surface area contributed by atoms with Crippen molar-refractivity contribution in [3.63, 3.8) is 0 Å². The summed E-state index contributed by atoms with van der Waals surface area (Å²) in [5.41, 5.74) is 4.92. The predicted octanol–water partition coefficient (Wildman–Crippen LogP) is 2.33. The molecule has 0 saturated heterocycles. The molecule has 0 radical (unpaired) electrons. The minimum absolute atomic E-state index is 0.392. The van der Waals surface area contributed by atoms with E-state index in [1.165, 1.54) is 0 Å². The smallest absolute Gasteiger partial charge is 0.263 e. The Morgan fingerprint density at radius 2 is 1.63 bits per heavy atom. The Morgan fingerprint density at radius 3 is 2.32 bits per heavy atom. The van der Waals surface area contributed by atoms with E-state index in [1.54, 1.807) is 18.2 Å². The fourth-order valence-corrected chi connectivity index (χ4v) is 1.36. The van der Waals surface area contributed by atoms with Crippen molar-refractivity contribution in [2.45, 2.75) is 0 Å². The van der Waals surface area contributed by atoms with Crippen LogP contribution in [0.5, 0.6) is 17.2 Å². The summed E-state index contributed by atoms with van der Waals surface area (Å²) in [5, 5.41) is 3.46. The van der Waals surface area contributed by atoms with Crippen LogP contribution in [0.15, 0.2) is 59.8 Å². The zero-order chi connectivity index (χ0) is 13.5. The monoisotopic (exact) mass is 256 g/mol. The van der Waals surface area contributed by atoms with Crippen molar-refractivity contribution in [2.24, 2.45) is 10.9 Å². The highest BCUT2D eigenvalue weighted by Crippen LogP contribution is 2.31. The third-order valence-corrected chi connectivity index (χ3v) is 2.15. The SMILES string of the molecule is NC(=O)C=NOc1ccccc1Oc1ccccc1. The zero-order valence-electron chi connectivity index (χ0n) is 10.0. The van der Waals surface area contributed by atoms with Gasteiger partial charge in [0.1, 0.15) is 12.0 Å². The molecule has 5 nitrogen and oxygen atoms in total. The average molecular weight is 256 g/mol. The van der Waals surface area contributed by atoms with Gasteiger partial charge in [0.15, 0.2) is 11.5 Å². The summed E-state index contributed by atoms with van der Waals surface area (Å²) in [5.74, 6) is 0.887. The Bertz CT molecular complexity index is 582. The molecule has 0 spiro atoms. The van der Waals surface area contributed by atoms with Gasteiger partial charge in [-0.1, -0.05) is 35.5 Å². The molecule has 2 rings (SSSR count). The van der Waals surface area contributed by atoms with Crippen molar-refractivity contribution in [1.82, 2.24) is 0 Å². The Kier molecular flexibility index (Phi) is 4.12. The molecule has 0 aliphatic rings. The number of rotatable bonds is 5. The normalized spacial score (nSPS) is 10.3.